The lowest BCUT2D eigenvalue weighted by atomic mass is 10.1. The van der Waals surface area contributed by atoms with E-state index in [0.717, 1.165) is 72.3 Å². The monoisotopic (exact) mass is 385 g/mol. The Morgan fingerprint density at radius 1 is 1.22 bits per heavy atom. The van der Waals surface area contributed by atoms with E-state index in [-0.39, 0.29) is 6.10 Å². The molecular formula is C21H24ClN3O2. The van der Waals surface area contributed by atoms with Gasteiger partial charge in [0.2, 0.25) is 0 Å². The fourth-order valence-corrected chi connectivity index (χ4v) is 3.95. The Labute approximate surface area is 163 Å². The van der Waals surface area contributed by atoms with Crippen molar-refractivity contribution in [1.82, 2.24) is 9.88 Å². The molecule has 3 aromatic rings. The summed E-state index contributed by atoms with van der Waals surface area (Å²) in [6.45, 7) is 3.48. The van der Waals surface area contributed by atoms with Crippen LogP contribution < -0.4 is 10.1 Å². The van der Waals surface area contributed by atoms with Gasteiger partial charge < -0.3 is 15.2 Å². The van der Waals surface area contributed by atoms with Crippen LogP contribution in [0, 0.1) is 0 Å². The second-order valence-corrected chi connectivity index (χ2v) is 7.49. The van der Waals surface area contributed by atoms with Crippen molar-refractivity contribution in [3.05, 3.63) is 41.4 Å². The number of fused-ring (bicyclic) bond motifs is 2. The number of nitrogens with one attached hydrogen (secondary N) is 1. The summed E-state index contributed by atoms with van der Waals surface area (Å²) in [7, 11) is 1.67. The molecule has 0 aliphatic carbocycles. The molecule has 4 rings (SSSR count). The van der Waals surface area contributed by atoms with Crippen molar-refractivity contribution in [2.75, 3.05) is 38.6 Å². The number of likely N-dealkylation sites (tertiary alicyclic amines) is 1. The average Bonchev–Trinajstić information content (AvgIpc) is 2.67. The van der Waals surface area contributed by atoms with Gasteiger partial charge in [-0.25, -0.2) is 4.98 Å². The Morgan fingerprint density at radius 2 is 2.11 bits per heavy atom. The first-order valence-corrected chi connectivity index (χ1v) is 9.73. The summed E-state index contributed by atoms with van der Waals surface area (Å²) in [5, 5.41) is 16.2. The highest BCUT2D eigenvalue weighted by molar-refractivity contribution is 6.31. The normalized spacial score (nSPS) is 18.1. The highest BCUT2D eigenvalue weighted by Crippen LogP contribution is 2.34. The topological polar surface area (TPSA) is 57.6 Å². The van der Waals surface area contributed by atoms with Crippen molar-refractivity contribution in [2.45, 2.75) is 18.9 Å². The van der Waals surface area contributed by atoms with Gasteiger partial charge >= 0.3 is 0 Å². The number of nitrogens with zero attached hydrogens (tertiary/aromatic N) is 2. The third-order valence-corrected chi connectivity index (χ3v) is 5.39. The molecule has 2 aromatic carbocycles. The molecule has 1 aliphatic heterocycles. The van der Waals surface area contributed by atoms with Gasteiger partial charge in [0.15, 0.2) is 0 Å². The molecule has 1 unspecified atom stereocenters. The molecule has 2 heterocycles. The Morgan fingerprint density at radius 3 is 2.93 bits per heavy atom. The van der Waals surface area contributed by atoms with Crippen LogP contribution in [-0.4, -0.2) is 54.4 Å². The molecule has 27 heavy (non-hydrogen) atoms. The Kier molecular flexibility index (Phi) is 5.34. The molecule has 1 atom stereocenters. The Bertz CT molecular complexity index is 963. The van der Waals surface area contributed by atoms with Gasteiger partial charge in [-0.2, -0.15) is 0 Å². The highest BCUT2D eigenvalue weighted by atomic mass is 35.5. The van der Waals surface area contributed by atoms with Crippen LogP contribution in [0.2, 0.25) is 5.02 Å². The van der Waals surface area contributed by atoms with Gasteiger partial charge in [0, 0.05) is 35.4 Å². The summed E-state index contributed by atoms with van der Waals surface area (Å²) in [5.74, 6) is 0.805. The van der Waals surface area contributed by atoms with Gasteiger partial charge in [-0.1, -0.05) is 11.6 Å². The van der Waals surface area contributed by atoms with Crippen LogP contribution in [-0.2, 0) is 0 Å². The van der Waals surface area contributed by atoms with Crippen LogP contribution in [0.25, 0.3) is 21.8 Å². The highest BCUT2D eigenvalue weighted by Gasteiger charge is 2.17. The van der Waals surface area contributed by atoms with Gasteiger partial charge in [0.25, 0.3) is 0 Å². The molecule has 5 nitrogen and oxygen atoms in total. The van der Waals surface area contributed by atoms with Crippen LogP contribution in [0.5, 0.6) is 5.75 Å². The molecule has 0 saturated carbocycles. The fraction of sp³-hybridized carbons (Fsp3) is 0.381. The van der Waals surface area contributed by atoms with Crippen molar-refractivity contribution >= 4 is 39.1 Å². The minimum atomic E-state index is -0.201. The van der Waals surface area contributed by atoms with E-state index in [1.807, 2.05) is 36.4 Å². The second-order valence-electron chi connectivity index (χ2n) is 7.05. The molecule has 0 spiro atoms. The minimum absolute atomic E-state index is 0.201. The maximum absolute atomic E-state index is 9.87. The first-order valence-electron chi connectivity index (χ1n) is 9.35. The van der Waals surface area contributed by atoms with E-state index >= 15 is 0 Å². The molecule has 0 radical (unpaired) electrons. The molecule has 1 saturated heterocycles. The summed E-state index contributed by atoms with van der Waals surface area (Å²) >= 11 is 6.18. The summed E-state index contributed by atoms with van der Waals surface area (Å²) in [6, 6.07) is 11.7. The number of aliphatic hydroxyl groups excluding tert-OH is 1. The number of hydrogen-bond donors (Lipinski definition) is 2. The third-order valence-electron chi connectivity index (χ3n) is 5.15. The molecule has 1 fully saturated rings. The third kappa shape index (κ3) is 3.95. The minimum Gasteiger partial charge on any atom is -0.497 e. The van der Waals surface area contributed by atoms with Gasteiger partial charge in [-0.05, 0) is 55.8 Å². The lowest BCUT2D eigenvalue weighted by molar-refractivity contribution is 0.0730. The van der Waals surface area contributed by atoms with E-state index in [1.54, 1.807) is 7.11 Å². The van der Waals surface area contributed by atoms with E-state index in [2.05, 4.69) is 10.2 Å². The van der Waals surface area contributed by atoms with Crippen LogP contribution in [0.1, 0.15) is 12.8 Å². The molecule has 2 N–H and O–H groups in total. The number of ether oxygens (including phenoxy) is 1. The standard InChI is InChI=1S/C21H24ClN3O2/c1-27-16-5-7-19-18(12-16)21(17-6-4-14(22)11-20(17)24-19)23-8-10-25-9-2-3-15(26)13-25/h4-7,11-12,15,26H,2-3,8-10,13H2,1H3,(H,23,24). The van der Waals surface area contributed by atoms with E-state index in [0.29, 0.717) is 5.02 Å². The fourth-order valence-electron chi connectivity index (χ4n) is 3.79. The van der Waals surface area contributed by atoms with Crippen molar-refractivity contribution in [1.29, 1.82) is 0 Å². The van der Waals surface area contributed by atoms with Crippen LogP contribution >= 0.6 is 11.6 Å². The maximum Gasteiger partial charge on any atom is 0.119 e. The van der Waals surface area contributed by atoms with Crippen LogP contribution in [0.15, 0.2) is 36.4 Å². The Balaban J connectivity index is 1.67. The van der Waals surface area contributed by atoms with Crippen LogP contribution in [0.4, 0.5) is 5.69 Å². The molecule has 1 aliphatic rings. The lowest BCUT2D eigenvalue weighted by Crippen LogP contribution is -2.40. The number of rotatable bonds is 5. The van der Waals surface area contributed by atoms with Gasteiger partial charge in [-0.15, -0.1) is 0 Å². The molecule has 1 aromatic heterocycles. The predicted molar refractivity (Wildman–Crippen MR) is 111 cm³/mol. The number of piperidine rings is 1. The van der Waals surface area contributed by atoms with Gasteiger partial charge in [-0.3, -0.25) is 4.90 Å². The molecule has 0 amide bonds. The number of anilines is 1. The van der Waals surface area contributed by atoms with Gasteiger partial charge in [0.1, 0.15) is 5.75 Å². The van der Waals surface area contributed by atoms with Crippen molar-refractivity contribution in [3.8, 4) is 5.75 Å². The zero-order valence-electron chi connectivity index (χ0n) is 15.4. The van der Waals surface area contributed by atoms with Crippen molar-refractivity contribution in [2.24, 2.45) is 0 Å². The number of halogens is 1. The lowest BCUT2D eigenvalue weighted by Gasteiger charge is -2.30. The SMILES string of the molecule is COc1ccc2nc3cc(Cl)ccc3c(NCCN3CCCC(O)C3)c2c1. The van der Waals surface area contributed by atoms with Crippen molar-refractivity contribution in [3.63, 3.8) is 0 Å². The summed E-state index contributed by atoms with van der Waals surface area (Å²) in [5.41, 5.74) is 2.82. The number of β-amino-alcohol motifs (C(OH)–C–C–N with tert-alkyl or cyclic N) is 1. The van der Waals surface area contributed by atoms with E-state index in [9.17, 15) is 5.11 Å². The van der Waals surface area contributed by atoms with Crippen LogP contribution in [0.3, 0.4) is 0 Å². The molecule has 0 bridgehead atoms. The zero-order chi connectivity index (χ0) is 18.8. The van der Waals surface area contributed by atoms with E-state index < -0.39 is 0 Å². The number of pyridine rings is 1. The average molecular weight is 386 g/mol. The number of hydrogen-bond acceptors (Lipinski definition) is 5. The maximum atomic E-state index is 9.87. The first kappa shape index (κ1) is 18.3. The number of aliphatic hydroxyl groups is 1. The molecular weight excluding hydrogens is 362 g/mol. The number of aromatic nitrogens is 1. The largest absolute Gasteiger partial charge is 0.497 e. The second kappa shape index (κ2) is 7.89. The summed E-state index contributed by atoms with van der Waals surface area (Å²) < 4.78 is 5.41. The smallest absolute Gasteiger partial charge is 0.119 e. The Hall–Kier alpha value is -2.08. The number of benzene rings is 2. The predicted octanol–water partition coefficient (Wildman–Crippen LogP) is 3.92. The molecule has 6 heteroatoms. The quantitative estimate of drug-likeness (QED) is 0.652. The van der Waals surface area contributed by atoms with Gasteiger partial charge in [0.05, 0.1) is 29.9 Å². The summed E-state index contributed by atoms with van der Waals surface area (Å²) in [4.78, 5) is 7.07. The molecule has 142 valence electrons. The van der Waals surface area contributed by atoms with E-state index in [4.69, 9.17) is 21.3 Å². The van der Waals surface area contributed by atoms with Crippen molar-refractivity contribution < 1.29 is 9.84 Å². The van der Waals surface area contributed by atoms with E-state index in [1.165, 1.54) is 0 Å². The zero-order valence-corrected chi connectivity index (χ0v) is 16.2. The summed E-state index contributed by atoms with van der Waals surface area (Å²) in [6.07, 6.45) is 1.76. The first-order chi connectivity index (χ1) is 13.1. The number of methoxy groups -OCH3 is 1.